The SMILES string of the molecule is C[C@@H](c1nnco1)C1CCC(c2ccnc3ccc(F)cc23)CC1. The van der Waals surface area contributed by atoms with E-state index in [0.717, 1.165) is 42.5 Å². The summed E-state index contributed by atoms with van der Waals surface area (Å²) in [4.78, 5) is 4.36. The normalized spacial score (nSPS) is 22.6. The van der Waals surface area contributed by atoms with Crippen LogP contribution in [-0.4, -0.2) is 15.2 Å². The molecule has 24 heavy (non-hydrogen) atoms. The molecule has 0 saturated heterocycles. The van der Waals surface area contributed by atoms with Crippen molar-refractivity contribution in [2.24, 2.45) is 5.92 Å². The van der Waals surface area contributed by atoms with Gasteiger partial charge in [-0.25, -0.2) is 4.39 Å². The number of halogens is 1. The van der Waals surface area contributed by atoms with Crippen LogP contribution >= 0.6 is 0 Å². The second kappa shape index (κ2) is 6.30. The van der Waals surface area contributed by atoms with Crippen LogP contribution in [0.2, 0.25) is 0 Å². The van der Waals surface area contributed by atoms with Crippen LogP contribution in [0, 0.1) is 11.7 Å². The molecule has 0 spiro atoms. The fourth-order valence-corrected chi connectivity index (χ4v) is 4.01. The average molecular weight is 325 g/mol. The molecule has 124 valence electrons. The molecule has 1 aromatic carbocycles. The highest BCUT2D eigenvalue weighted by Gasteiger charge is 2.29. The summed E-state index contributed by atoms with van der Waals surface area (Å²) in [5.41, 5.74) is 2.10. The third-order valence-electron chi connectivity index (χ3n) is 5.42. The van der Waals surface area contributed by atoms with Crippen LogP contribution in [0.4, 0.5) is 4.39 Å². The topological polar surface area (TPSA) is 51.8 Å². The Hall–Kier alpha value is -2.30. The fraction of sp³-hybridized carbons (Fsp3) is 0.421. The predicted molar refractivity (Wildman–Crippen MR) is 89.1 cm³/mol. The van der Waals surface area contributed by atoms with E-state index >= 15 is 0 Å². The molecule has 1 saturated carbocycles. The molecule has 1 aliphatic rings. The maximum Gasteiger partial charge on any atom is 0.219 e. The minimum atomic E-state index is -0.199. The van der Waals surface area contributed by atoms with Gasteiger partial charge >= 0.3 is 0 Å². The molecule has 1 atom stereocenters. The Kier molecular flexibility index (Phi) is 4.00. The highest BCUT2D eigenvalue weighted by molar-refractivity contribution is 5.82. The minimum Gasteiger partial charge on any atom is -0.428 e. The standard InChI is InChI=1S/C19H20FN3O/c1-12(19-23-22-11-24-19)13-2-4-14(5-3-13)16-8-9-21-18-7-6-15(20)10-17(16)18/h6-14H,2-5H2,1H3/t12-,13?,14?/m1/s1. The molecule has 5 heteroatoms. The molecule has 0 unspecified atom stereocenters. The summed E-state index contributed by atoms with van der Waals surface area (Å²) < 4.78 is 19.0. The number of fused-ring (bicyclic) bond motifs is 1. The first-order chi connectivity index (χ1) is 11.7. The number of hydrogen-bond donors (Lipinski definition) is 0. The van der Waals surface area contributed by atoms with E-state index in [0.29, 0.717) is 17.8 Å². The summed E-state index contributed by atoms with van der Waals surface area (Å²) in [6, 6.07) is 6.90. The van der Waals surface area contributed by atoms with E-state index in [1.54, 1.807) is 12.1 Å². The van der Waals surface area contributed by atoms with Gasteiger partial charge in [-0.1, -0.05) is 6.92 Å². The van der Waals surface area contributed by atoms with Gasteiger partial charge in [0.1, 0.15) is 5.82 Å². The van der Waals surface area contributed by atoms with Gasteiger partial charge in [0.15, 0.2) is 0 Å². The van der Waals surface area contributed by atoms with Gasteiger partial charge in [-0.2, -0.15) is 0 Å². The van der Waals surface area contributed by atoms with Crippen molar-refractivity contribution in [2.45, 2.75) is 44.4 Å². The molecule has 0 N–H and O–H groups in total. The van der Waals surface area contributed by atoms with Gasteiger partial charge in [0.25, 0.3) is 0 Å². The maximum absolute atomic E-state index is 13.7. The van der Waals surface area contributed by atoms with Crippen molar-refractivity contribution in [1.29, 1.82) is 0 Å². The zero-order valence-electron chi connectivity index (χ0n) is 13.7. The smallest absolute Gasteiger partial charge is 0.219 e. The van der Waals surface area contributed by atoms with E-state index in [9.17, 15) is 4.39 Å². The van der Waals surface area contributed by atoms with Gasteiger partial charge in [0, 0.05) is 17.5 Å². The Morgan fingerprint density at radius 2 is 2.00 bits per heavy atom. The van der Waals surface area contributed by atoms with E-state index in [-0.39, 0.29) is 5.82 Å². The van der Waals surface area contributed by atoms with Crippen molar-refractivity contribution in [1.82, 2.24) is 15.2 Å². The average Bonchev–Trinajstić information content (AvgIpc) is 3.15. The van der Waals surface area contributed by atoms with Gasteiger partial charge < -0.3 is 4.42 Å². The fourth-order valence-electron chi connectivity index (χ4n) is 4.01. The Labute approximate surface area is 140 Å². The Bertz CT molecular complexity index is 826. The summed E-state index contributed by atoms with van der Waals surface area (Å²) in [5, 5.41) is 8.79. The van der Waals surface area contributed by atoms with Crippen LogP contribution in [0.5, 0.6) is 0 Å². The Morgan fingerprint density at radius 3 is 2.75 bits per heavy atom. The molecular formula is C19H20FN3O. The minimum absolute atomic E-state index is 0.199. The highest BCUT2D eigenvalue weighted by atomic mass is 19.1. The van der Waals surface area contributed by atoms with Crippen LogP contribution in [0.15, 0.2) is 41.3 Å². The molecule has 1 aliphatic carbocycles. The third kappa shape index (κ3) is 2.79. The lowest BCUT2D eigenvalue weighted by molar-refractivity contribution is 0.265. The second-order valence-electron chi connectivity index (χ2n) is 6.74. The third-order valence-corrected chi connectivity index (χ3v) is 5.42. The van der Waals surface area contributed by atoms with Gasteiger partial charge in [0.2, 0.25) is 12.3 Å². The number of hydrogen-bond acceptors (Lipinski definition) is 4. The molecule has 4 nitrogen and oxygen atoms in total. The van der Waals surface area contributed by atoms with Crippen molar-refractivity contribution in [3.05, 3.63) is 54.1 Å². The van der Waals surface area contributed by atoms with Gasteiger partial charge in [0.05, 0.1) is 5.52 Å². The molecule has 0 amide bonds. The van der Waals surface area contributed by atoms with Crippen molar-refractivity contribution in [2.75, 3.05) is 0 Å². The molecular weight excluding hydrogens is 305 g/mol. The van der Waals surface area contributed by atoms with E-state index < -0.39 is 0 Å². The largest absolute Gasteiger partial charge is 0.428 e. The predicted octanol–water partition coefficient (Wildman–Crippen LogP) is 4.83. The molecule has 1 fully saturated rings. The van der Waals surface area contributed by atoms with Crippen molar-refractivity contribution < 1.29 is 8.81 Å². The molecule has 3 aromatic rings. The van der Waals surface area contributed by atoms with E-state index in [1.165, 1.54) is 18.0 Å². The van der Waals surface area contributed by atoms with Crippen LogP contribution in [0.25, 0.3) is 10.9 Å². The lowest BCUT2D eigenvalue weighted by atomic mass is 9.74. The number of aromatic nitrogens is 3. The monoisotopic (exact) mass is 325 g/mol. The molecule has 0 aliphatic heterocycles. The summed E-state index contributed by atoms with van der Waals surface area (Å²) in [6.45, 7) is 2.16. The molecule has 0 bridgehead atoms. The summed E-state index contributed by atoms with van der Waals surface area (Å²) in [7, 11) is 0. The van der Waals surface area contributed by atoms with Gasteiger partial charge in [-0.3, -0.25) is 4.98 Å². The van der Waals surface area contributed by atoms with Crippen molar-refractivity contribution >= 4 is 10.9 Å². The zero-order chi connectivity index (χ0) is 16.5. The van der Waals surface area contributed by atoms with Crippen molar-refractivity contribution in [3.8, 4) is 0 Å². The van der Waals surface area contributed by atoms with E-state index in [1.807, 2.05) is 12.3 Å². The summed E-state index contributed by atoms with van der Waals surface area (Å²) >= 11 is 0. The highest BCUT2D eigenvalue weighted by Crippen LogP contribution is 2.42. The van der Waals surface area contributed by atoms with Crippen LogP contribution < -0.4 is 0 Å². The number of rotatable bonds is 3. The maximum atomic E-state index is 13.7. The second-order valence-corrected chi connectivity index (χ2v) is 6.74. The van der Waals surface area contributed by atoms with E-state index in [4.69, 9.17) is 4.42 Å². The lowest BCUT2D eigenvalue weighted by Gasteiger charge is -2.31. The molecule has 0 radical (unpaired) electrons. The van der Waals surface area contributed by atoms with Gasteiger partial charge in [-0.05, 0) is 67.3 Å². The first-order valence-electron chi connectivity index (χ1n) is 8.52. The zero-order valence-corrected chi connectivity index (χ0v) is 13.7. The summed E-state index contributed by atoms with van der Waals surface area (Å²) in [6.07, 6.45) is 7.66. The molecule has 2 aromatic heterocycles. The quantitative estimate of drug-likeness (QED) is 0.692. The molecule has 4 rings (SSSR count). The summed E-state index contributed by atoms with van der Waals surface area (Å²) in [5.74, 6) is 1.85. The Morgan fingerprint density at radius 1 is 1.17 bits per heavy atom. The van der Waals surface area contributed by atoms with Crippen LogP contribution in [0.1, 0.15) is 55.9 Å². The van der Waals surface area contributed by atoms with Crippen molar-refractivity contribution in [3.63, 3.8) is 0 Å². The lowest BCUT2D eigenvalue weighted by Crippen LogP contribution is -2.18. The first kappa shape index (κ1) is 15.2. The van der Waals surface area contributed by atoms with Crippen LogP contribution in [-0.2, 0) is 0 Å². The van der Waals surface area contributed by atoms with E-state index in [2.05, 4.69) is 22.1 Å². The Balaban J connectivity index is 1.53. The number of benzene rings is 1. The van der Waals surface area contributed by atoms with Crippen LogP contribution in [0.3, 0.4) is 0 Å². The van der Waals surface area contributed by atoms with Gasteiger partial charge in [-0.15, -0.1) is 10.2 Å². The first-order valence-corrected chi connectivity index (χ1v) is 8.52. The molecule has 2 heterocycles. The number of pyridine rings is 1. The number of nitrogens with zero attached hydrogens (tertiary/aromatic N) is 3.